The maximum Gasteiger partial charge on any atom is 0.00223 e. The Hall–Kier alpha value is -0.0800. The molecular weight excluding hydrogens is 172 g/mol. The molecule has 1 aliphatic heterocycles. The predicted octanol–water partition coefficient (Wildman–Crippen LogP) is 1.96. The fourth-order valence-electron chi connectivity index (χ4n) is 2.06. The molecule has 0 spiro atoms. The Balaban J connectivity index is 2.16. The van der Waals surface area contributed by atoms with E-state index in [0.29, 0.717) is 5.41 Å². The Morgan fingerprint density at radius 1 is 1.36 bits per heavy atom. The Morgan fingerprint density at radius 3 is 2.64 bits per heavy atom. The van der Waals surface area contributed by atoms with Gasteiger partial charge in [0.05, 0.1) is 0 Å². The van der Waals surface area contributed by atoms with Gasteiger partial charge < -0.3 is 10.2 Å². The molecule has 0 aromatic heterocycles. The fraction of sp³-hybridized carbons (Fsp3) is 1.00. The highest BCUT2D eigenvalue weighted by Crippen LogP contribution is 2.22. The Morgan fingerprint density at radius 2 is 2.07 bits per heavy atom. The molecule has 0 amide bonds. The van der Waals surface area contributed by atoms with E-state index in [1.54, 1.807) is 0 Å². The van der Waals surface area contributed by atoms with E-state index in [1.807, 2.05) is 0 Å². The molecule has 2 heteroatoms. The minimum absolute atomic E-state index is 0.487. The van der Waals surface area contributed by atoms with E-state index in [0.717, 1.165) is 5.92 Å². The molecule has 0 bridgehead atoms. The van der Waals surface area contributed by atoms with Gasteiger partial charge in [-0.1, -0.05) is 20.8 Å². The Kier molecular flexibility index (Phi) is 4.39. The van der Waals surface area contributed by atoms with Gasteiger partial charge in [-0.15, -0.1) is 0 Å². The van der Waals surface area contributed by atoms with Crippen molar-refractivity contribution >= 4 is 0 Å². The summed E-state index contributed by atoms with van der Waals surface area (Å²) in [6.07, 6.45) is 2.70. The van der Waals surface area contributed by atoms with Crippen LogP contribution in [0.3, 0.4) is 0 Å². The van der Waals surface area contributed by atoms with Gasteiger partial charge >= 0.3 is 0 Å². The molecule has 1 aliphatic rings. The lowest BCUT2D eigenvalue weighted by Gasteiger charge is -2.23. The first-order valence-electron chi connectivity index (χ1n) is 5.88. The average Bonchev–Trinajstić information content (AvgIpc) is 2.49. The molecule has 1 heterocycles. The molecule has 14 heavy (non-hydrogen) atoms. The summed E-state index contributed by atoms with van der Waals surface area (Å²) in [5.74, 6) is 0.889. The maximum atomic E-state index is 3.28. The van der Waals surface area contributed by atoms with Crippen LogP contribution >= 0.6 is 0 Å². The summed E-state index contributed by atoms with van der Waals surface area (Å²) < 4.78 is 0. The van der Waals surface area contributed by atoms with Crippen molar-refractivity contribution < 1.29 is 0 Å². The quantitative estimate of drug-likeness (QED) is 0.743. The minimum Gasteiger partial charge on any atom is -0.319 e. The third-order valence-electron chi connectivity index (χ3n) is 3.04. The first kappa shape index (κ1) is 12.0. The highest BCUT2D eigenvalue weighted by Gasteiger charge is 2.22. The van der Waals surface area contributed by atoms with Gasteiger partial charge in [0.2, 0.25) is 0 Å². The van der Waals surface area contributed by atoms with E-state index in [-0.39, 0.29) is 0 Å². The second-order valence-electron chi connectivity index (χ2n) is 5.82. The smallest absolute Gasteiger partial charge is 0.00223 e. The average molecular weight is 198 g/mol. The second kappa shape index (κ2) is 5.13. The highest BCUT2D eigenvalue weighted by molar-refractivity contribution is 4.77. The summed E-state index contributed by atoms with van der Waals surface area (Å²) in [7, 11) is 2.05. The molecule has 0 aromatic carbocycles. The van der Waals surface area contributed by atoms with Crippen LogP contribution < -0.4 is 5.32 Å². The lowest BCUT2D eigenvalue weighted by molar-refractivity contribution is 0.258. The van der Waals surface area contributed by atoms with Gasteiger partial charge in [0.25, 0.3) is 0 Å². The van der Waals surface area contributed by atoms with Crippen molar-refractivity contribution in [1.29, 1.82) is 0 Å². The third kappa shape index (κ3) is 4.43. The van der Waals surface area contributed by atoms with Gasteiger partial charge in [0.15, 0.2) is 0 Å². The number of nitrogens with zero attached hydrogens (tertiary/aromatic N) is 1. The molecule has 0 aromatic rings. The van der Waals surface area contributed by atoms with E-state index in [1.165, 1.54) is 39.0 Å². The molecule has 1 fully saturated rings. The Labute approximate surface area is 89.1 Å². The monoisotopic (exact) mass is 198 g/mol. The van der Waals surface area contributed by atoms with Gasteiger partial charge in [-0.25, -0.2) is 0 Å². The molecule has 1 saturated heterocycles. The molecule has 1 atom stereocenters. The summed E-state index contributed by atoms with van der Waals surface area (Å²) >= 11 is 0. The van der Waals surface area contributed by atoms with Gasteiger partial charge in [-0.2, -0.15) is 0 Å². The van der Waals surface area contributed by atoms with Crippen molar-refractivity contribution in [2.24, 2.45) is 11.3 Å². The number of hydrogen-bond acceptors (Lipinski definition) is 2. The van der Waals surface area contributed by atoms with Gasteiger partial charge in [-0.05, 0) is 50.9 Å². The number of rotatable bonds is 4. The van der Waals surface area contributed by atoms with Crippen LogP contribution in [0.15, 0.2) is 0 Å². The standard InChI is InChI=1S/C12H26N2/c1-12(2,3)6-8-14-7-5-11(10-14)9-13-4/h11,13H,5-10H2,1-4H3. The molecule has 0 aliphatic carbocycles. The molecule has 1 rings (SSSR count). The van der Waals surface area contributed by atoms with E-state index in [2.05, 4.69) is 38.0 Å². The van der Waals surface area contributed by atoms with Crippen molar-refractivity contribution in [2.45, 2.75) is 33.6 Å². The normalized spacial score (nSPS) is 24.4. The molecular formula is C12H26N2. The first-order chi connectivity index (χ1) is 6.51. The maximum absolute atomic E-state index is 3.28. The van der Waals surface area contributed by atoms with Crippen LogP contribution in [0.2, 0.25) is 0 Å². The second-order valence-corrected chi connectivity index (χ2v) is 5.82. The van der Waals surface area contributed by atoms with Crippen LogP contribution in [-0.4, -0.2) is 38.1 Å². The van der Waals surface area contributed by atoms with Gasteiger partial charge in [-0.3, -0.25) is 0 Å². The van der Waals surface area contributed by atoms with Crippen LogP contribution in [0.4, 0.5) is 0 Å². The van der Waals surface area contributed by atoms with Gasteiger partial charge in [0.1, 0.15) is 0 Å². The van der Waals surface area contributed by atoms with Crippen LogP contribution in [0.1, 0.15) is 33.6 Å². The van der Waals surface area contributed by atoms with E-state index >= 15 is 0 Å². The van der Waals surface area contributed by atoms with E-state index in [4.69, 9.17) is 0 Å². The van der Waals surface area contributed by atoms with Crippen molar-refractivity contribution in [3.8, 4) is 0 Å². The summed E-state index contributed by atoms with van der Waals surface area (Å²) in [6.45, 7) is 12.1. The van der Waals surface area contributed by atoms with Crippen LogP contribution in [-0.2, 0) is 0 Å². The third-order valence-corrected chi connectivity index (χ3v) is 3.04. The summed E-state index contributed by atoms with van der Waals surface area (Å²) in [5, 5.41) is 3.28. The zero-order chi connectivity index (χ0) is 10.6. The number of hydrogen-bond donors (Lipinski definition) is 1. The number of likely N-dealkylation sites (tertiary alicyclic amines) is 1. The first-order valence-corrected chi connectivity index (χ1v) is 5.88. The lowest BCUT2D eigenvalue weighted by Crippen LogP contribution is -2.27. The summed E-state index contributed by atoms with van der Waals surface area (Å²) in [6, 6.07) is 0. The van der Waals surface area contributed by atoms with Crippen LogP contribution in [0.5, 0.6) is 0 Å². The molecule has 0 saturated carbocycles. The minimum atomic E-state index is 0.487. The van der Waals surface area contributed by atoms with E-state index in [9.17, 15) is 0 Å². The van der Waals surface area contributed by atoms with Crippen molar-refractivity contribution in [3.05, 3.63) is 0 Å². The molecule has 0 radical (unpaired) electrons. The van der Waals surface area contributed by atoms with E-state index < -0.39 is 0 Å². The Bertz CT molecular complexity index is 160. The van der Waals surface area contributed by atoms with Crippen molar-refractivity contribution in [2.75, 3.05) is 33.2 Å². The highest BCUT2D eigenvalue weighted by atomic mass is 15.1. The molecule has 1 N–H and O–H groups in total. The predicted molar refractivity (Wildman–Crippen MR) is 62.5 cm³/mol. The summed E-state index contributed by atoms with van der Waals surface area (Å²) in [4.78, 5) is 2.62. The lowest BCUT2D eigenvalue weighted by atomic mass is 9.92. The van der Waals surface area contributed by atoms with Crippen LogP contribution in [0.25, 0.3) is 0 Å². The molecule has 1 unspecified atom stereocenters. The zero-order valence-electron chi connectivity index (χ0n) is 10.3. The fourth-order valence-corrected chi connectivity index (χ4v) is 2.06. The van der Waals surface area contributed by atoms with Crippen LogP contribution in [0, 0.1) is 11.3 Å². The topological polar surface area (TPSA) is 15.3 Å². The molecule has 2 nitrogen and oxygen atoms in total. The van der Waals surface area contributed by atoms with Crippen molar-refractivity contribution in [3.63, 3.8) is 0 Å². The van der Waals surface area contributed by atoms with Crippen molar-refractivity contribution in [1.82, 2.24) is 10.2 Å². The largest absolute Gasteiger partial charge is 0.319 e. The molecule has 84 valence electrons. The SMILES string of the molecule is CNCC1CCN(CCC(C)(C)C)C1. The van der Waals surface area contributed by atoms with Gasteiger partial charge in [0, 0.05) is 6.54 Å². The zero-order valence-corrected chi connectivity index (χ0v) is 10.3. The number of nitrogens with one attached hydrogen (secondary N) is 1. The summed E-state index contributed by atoms with van der Waals surface area (Å²) in [5.41, 5.74) is 0.487.